The molecular formula is C9H18Cl2S. The molecular weight excluding hydrogens is 211 g/mol. The van der Waals surface area contributed by atoms with Gasteiger partial charge in [0.05, 0.1) is 0 Å². The van der Waals surface area contributed by atoms with Crippen LogP contribution in [0.25, 0.3) is 0 Å². The summed E-state index contributed by atoms with van der Waals surface area (Å²) >= 11 is 6.51. The van der Waals surface area contributed by atoms with Crippen LogP contribution in [-0.4, -0.2) is 4.21 Å². The standard InChI is InChI=1S/C9H18Cl2S/c1-7(2,3)9(10,12-11)8(4,5)6/h1-6H3. The minimum absolute atomic E-state index is 0.0147. The van der Waals surface area contributed by atoms with Gasteiger partial charge >= 0.3 is 0 Å². The van der Waals surface area contributed by atoms with E-state index in [2.05, 4.69) is 41.5 Å². The second kappa shape index (κ2) is 3.59. The third kappa shape index (κ3) is 2.24. The number of alkyl halides is 1. The Morgan fingerprint density at radius 3 is 1.08 bits per heavy atom. The Bertz CT molecular complexity index is 139. The largest absolute Gasteiger partial charge is 0.114 e. The highest BCUT2D eigenvalue weighted by Crippen LogP contribution is 2.57. The zero-order valence-corrected chi connectivity index (χ0v) is 11.0. The van der Waals surface area contributed by atoms with Gasteiger partial charge in [0, 0.05) is 0 Å². The molecule has 0 aliphatic heterocycles. The van der Waals surface area contributed by atoms with Gasteiger partial charge in [-0.15, -0.1) is 11.6 Å². The van der Waals surface area contributed by atoms with Crippen molar-refractivity contribution >= 4 is 33.3 Å². The Kier molecular flexibility index (Phi) is 3.87. The maximum atomic E-state index is 6.51. The van der Waals surface area contributed by atoms with Gasteiger partial charge in [-0.05, 0) is 32.5 Å². The van der Waals surface area contributed by atoms with Crippen LogP contribution in [0.4, 0.5) is 0 Å². The average molecular weight is 229 g/mol. The molecule has 0 amide bonds. The Hall–Kier alpha value is 0.930. The molecule has 0 aromatic carbocycles. The Balaban J connectivity index is 4.95. The van der Waals surface area contributed by atoms with E-state index in [9.17, 15) is 0 Å². The summed E-state index contributed by atoms with van der Waals surface area (Å²) in [5.74, 6) is 0. The fourth-order valence-electron chi connectivity index (χ4n) is 1.36. The van der Waals surface area contributed by atoms with Gasteiger partial charge in [0.15, 0.2) is 0 Å². The van der Waals surface area contributed by atoms with Crippen LogP contribution in [0.3, 0.4) is 0 Å². The summed E-state index contributed by atoms with van der Waals surface area (Å²) in [5, 5.41) is 0. The molecule has 3 heteroatoms. The molecule has 0 saturated carbocycles. The lowest BCUT2D eigenvalue weighted by Gasteiger charge is -2.46. The van der Waals surface area contributed by atoms with Gasteiger partial charge in [0.2, 0.25) is 0 Å². The van der Waals surface area contributed by atoms with E-state index in [-0.39, 0.29) is 10.8 Å². The van der Waals surface area contributed by atoms with E-state index in [0.717, 1.165) is 0 Å². The van der Waals surface area contributed by atoms with Crippen molar-refractivity contribution in [1.29, 1.82) is 0 Å². The highest BCUT2D eigenvalue weighted by Gasteiger charge is 2.49. The molecule has 0 radical (unpaired) electrons. The van der Waals surface area contributed by atoms with E-state index in [1.54, 1.807) is 0 Å². The summed E-state index contributed by atoms with van der Waals surface area (Å²) in [7, 11) is 7.09. The topological polar surface area (TPSA) is 0 Å². The van der Waals surface area contributed by atoms with Gasteiger partial charge in [-0.3, -0.25) is 0 Å². The highest BCUT2D eigenvalue weighted by molar-refractivity contribution is 8.23. The van der Waals surface area contributed by atoms with Gasteiger partial charge in [-0.2, -0.15) is 0 Å². The molecule has 0 spiro atoms. The first-order chi connectivity index (χ1) is 5.06. The van der Waals surface area contributed by atoms with Crippen LogP contribution in [0.1, 0.15) is 41.5 Å². The normalized spacial score (nSPS) is 15.0. The summed E-state index contributed by atoms with van der Waals surface area (Å²) in [4.78, 5) is 0. The van der Waals surface area contributed by atoms with E-state index in [1.807, 2.05) is 0 Å². The lowest BCUT2D eigenvalue weighted by molar-refractivity contribution is 0.216. The predicted octanol–water partition coefficient (Wildman–Crippen LogP) is 4.90. The van der Waals surface area contributed by atoms with Gasteiger partial charge < -0.3 is 0 Å². The Labute approximate surface area is 89.9 Å². The summed E-state index contributed by atoms with van der Waals surface area (Å²) in [6.07, 6.45) is 0. The quantitative estimate of drug-likeness (QED) is 0.576. The molecule has 0 saturated heterocycles. The lowest BCUT2D eigenvalue weighted by atomic mass is 9.76. The molecule has 12 heavy (non-hydrogen) atoms. The maximum Gasteiger partial charge on any atom is 0.114 e. The molecule has 0 aliphatic carbocycles. The van der Waals surface area contributed by atoms with E-state index >= 15 is 0 Å². The first-order valence-electron chi connectivity index (χ1n) is 4.05. The summed E-state index contributed by atoms with van der Waals surface area (Å²) in [6.45, 7) is 12.7. The van der Waals surface area contributed by atoms with Crippen LogP contribution < -0.4 is 0 Å². The van der Waals surface area contributed by atoms with Gasteiger partial charge in [0.25, 0.3) is 0 Å². The van der Waals surface area contributed by atoms with Crippen LogP contribution >= 0.6 is 33.3 Å². The fraction of sp³-hybridized carbons (Fsp3) is 1.00. The van der Waals surface area contributed by atoms with E-state index in [4.69, 9.17) is 22.3 Å². The molecule has 0 N–H and O–H groups in total. The van der Waals surface area contributed by atoms with Crippen LogP contribution in [0.15, 0.2) is 0 Å². The molecule has 0 heterocycles. The van der Waals surface area contributed by atoms with Crippen molar-refractivity contribution in [3.63, 3.8) is 0 Å². The second-order valence-electron chi connectivity index (χ2n) is 5.17. The minimum atomic E-state index is -0.429. The zero-order valence-electron chi connectivity index (χ0n) is 8.66. The van der Waals surface area contributed by atoms with Crippen molar-refractivity contribution in [2.24, 2.45) is 10.8 Å². The van der Waals surface area contributed by atoms with E-state index in [0.29, 0.717) is 0 Å². The van der Waals surface area contributed by atoms with Crippen LogP contribution in [-0.2, 0) is 0 Å². The summed E-state index contributed by atoms with van der Waals surface area (Å²) in [5.41, 5.74) is -0.0293. The molecule has 0 atom stereocenters. The molecule has 0 aromatic rings. The van der Waals surface area contributed by atoms with Crippen molar-refractivity contribution in [2.45, 2.75) is 45.7 Å². The van der Waals surface area contributed by atoms with Crippen molar-refractivity contribution in [2.75, 3.05) is 0 Å². The molecule has 0 bridgehead atoms. The molecule has 0 unspecified atom stereocenters. The first-order valence-corrected chi connectivity index (χ1v) is 6.07. The Morgan fingerprint density at radius 1 is 0.833 bits per heavy atom. The highest BCUT2D eigenvalue weighted by atomic mass is 35.7. The third-order valence-electron chi connectivity index (χ3n) is 2.04. The lowest BCUT2D eigenvalue weighted by Crippen LogP contribution is -2.44. The molecule has 0 aliphatic rings. The minimum Gasteiger partial charge on any atom is -0.105 e. The van der Waals surface area contributed by atoms with Gasteiger partial charge in [-0.1, -0.05) is 41.5 Å². The maximum absolute atomic E-state index is 6.51. The predicted molar refractivity (Wildman–Crippen MR) is 60.9 cm³/mol. The molecule has 0 nitrogen and oxygen atoms in total. The molecule has 0 fully saturated rings. The summed E-state index contributed by atoms with van der Waals surface area (Å²) in [6, 6.07) is 0. The molecule has 0 aromatic heterocycles. The first kappa shape index (κ1) is 12.9. The average Bonchev–Trinajstić information content (AvgIpc) is 1.81. The van der Waals surface area contributed by atoms with Gasteiger partial charge in [-0.25, -0.2) is 0 Å². The second-order valence-corrected chi connectivity index (χ2v) is 7.19. The number of hydrogen-bond donors (Lipinski definition) is 0. The van der Waals surface area contributed by atoms with Crippen LogP contribution in [0.5, 0.6) is 0 Å². The van der Waals surface area contributed by atoms with Gasteiger partial charge in [0.1, 0.15) is 4.21 Å². The van der Waals surface area contributed by atoms with E-state index < -0.39 is 4.21 Å². The van der Waals surface area contributed by atoms with Crippen molar-refractivity contribution in [1.82, 2.24) is 0 Å². The summed E-state index contributed by atoms with van der Waals surface area (Å²) < 4.78 is -0.429. The van der Waals surface area contributed by atoms with Crippen molar-refractivity contribution in [3.8, 4) is 0 Å². The smallest absolute Gasteiger partial charge is 0.105 e. The SMILES string of the molecule is CC(C)(C)C(Cl)(SCl)C(C)(C)C. The van der Waals surface area contributed by atoms with Crippen molar-refractivity contribution in [3.05, 3.63) is 0 Å². The zero-order chi connectivity index (χ0) is 10.2. The Morgan fingerprint density at radius 2 is 1.08 bits per heavy atom. The van der Waals surface area contributed by atoms with Crippen LogP contribution in [0, 0.1) is 10.8 Å². The molecule has 0 rings (SSSR count). The number of hydrogen-bond acceptors (Lipinski definition) is 1. The number of halogens is 2. The fourth-order valence-corrected chi connectivity index (χ4v) is 3.21. The van der Waals surface area contributed by atoms with Crippen LogP contribution in [0.2, 0.25) is 0 Å². The van der Waals surface area contributed by atoms with E-state index in [1.165, 1.54) is 11.0 Å². The number of rotatable bonds is 1. The molecule has 74 valence electrons. The monoisotopic (exact) mass is 228 g/mol. The van der Waals surface area contributed by atoms with Crippen molar-refractivity contribution < 1.29 is 0 Å². The third-order valence-corrected chi connectivity index (χ3v) is 5.77.